The lowest BCUT2D eigenvalue weighted by Gasteiger charge is -1.99. The lowest BCUT2D eigenvalue weighted by molar-refractivity contribution is 1.33. The van der Waals surface area contributed by atoms with E-state index in [4.69, 9.17) is 0 Å². The minimum atomic E-state index is 0.811. The first-order valence-corrected chi connectivity index (χ1v) is 5.53. The number of hydrogen-bond donors (Lipinski definition) is 0. The third kappa shape index (κ3) is 1.51. The van der Waals surface area contributed by atoms with Gasteiger partial charge in [0.05, 0.1) is 0 Å². The first-order valence-electron chi connectivity index (χ1n) is 4.69. The van der Waals surface area contributed by atoms with Crippen LogP contribution in [0.15, 0.2) is 48.0 Å². The van der Waals surface area contributed by atoms with E-state index in [-0.39, 0.29) is 0 Å². The number of aromatic nitrogens is 2. The van der Waals surface area contributed by atoms with Gasteiger partial charge in [-0.3, -0.25) is 0 Å². The zero-order valence-electron chi connectivity index (χ0n) is 7.92. The third-order valence-electron chi connectivity index (χ3n) is 2.37. The molecule has 2 aromatic carbocycles. The summed E-state index contributed by atoms with van der Waals surface area (Å²) in [6.45, 7) is 0. The normalized spacial score (nSPS) is 10.7. The van der Waals surface area contributed by atoms with Crippen molar-refractivity contribution in [1.29, 1.82) is 0 Å². The van der Waals surface area contributed by atoms with Crippen LogP contribution in [-0.4, -0.2) is 9.36 Å². The summed E-state index contributed by atoms with van der Waals surface area (Å²) in [5, 5.41) is 2.47. The minimum absolute atomic E-state index is 0.811. The van der Waals surface area contributed by atoms with Crippen LogP contribution in [0.3, 0.4) is 0 Å². The molecule has 0 unspecified atom stereocenters. The fraction of sp³-hybridized carbons (Fsp3) is 0. The summed E-state index contributed by atoms with van der Waals surface area (Å²) >= 11 is 1.38. The zero-order chi connectivity index (χ0) is 10.1. The average Bonchev–Trinajstić information content (AvgIpc) is 2.82. The molecular formula is C12H8N2S. The van der Waals surface area contributed by atoms with Crippen molar-refractivity contribution in [2.24, 2.45) is 0 Å². The van der Waals surface area contributed by atoms with Crippen molar-refractivity contribution >= 4 is 22.3 Å². The van der Waals surface area contributed by atoms with Crippen molar-refractivity contribution in [2.75, 3.05) is 0 Å². The Balaban J connectivity index is 2.22. The van der Waals surface area contributed by atoms with Gasteiger partial charge in [-0.15, -0.1) is 0 Å². The smallest absolute Gasteiger partial charge is 0.172 e. The Labute approximate surface area is 91.4 Å². The van der Waals surface area contributed by atoms with E-state index in [9.17, 15) is 0 Å². The Morgan fingerprint density at radius 3 is 2.60 bits per heavy atom. The standard InChI is InChI=1S/C12H8N2S/c1-2-4-10-7-11(6-5-9(10)3-1)12-13-8-15-14-12/h1-8H. The fourth-order valence-electron chi connectivity index (χ4n) is 1.63. The van der Waals surface area contributed by atoms with Gasteiger partial charge in [0, 0.05) is 5.56 Å². The number of benzene rings is 2. The van der Waals surface area contributed by atoms with Crippen LogP contribution in [0.5, 0.6) is 0 Å². The minimum Gasteiger partial charge on any atom is -0.223 e. The van der Waals surface area contributed by atoms with E-state index in [2.05, 4.69) is 39.7 Å². The molecule has 0 saturated heterocycles. The van der Waals surface area contributed by atoms with Crippen LogP contribution in [0.1, 0.15) is 0 Å². The van der Waals surface area contributed by atoms with E-state index in [1.165, 1.54) is 22.3 Å². The summed E-state index contributed by atoms with van der Waals surface area (Å²) in [7, 11) is 0. The highest BCUT2D eigenvalue weighted by atomic mass is 32.1. The number of nitrogens with zero attached hydrogens (tertiary/aromatic N) is 2. The van der Waals surface area contributed by atoms with Gasteiger partial charge in [0.1, 0.15) is 5.51 Å². The van der Waals surface area contributed by atoms with Gasteiger partial charge >= 0.3 is 0 Å². The van der Waals surface area contributed by atoms with E-state index in [0.717, 1.165) is 11.4 Å². The van der Waals surface area contributed by atoms with Crippen LogP contribution in [0.2, 0.25) is 0 Å². The summed E-state index contributed by atoms with van der Waals surface area (Å²) in [6, 6.07) is 14.6. The molecule has 0 aliphatic rings. The second-order valence-corrected chi connectivity index (χ2v) is 3.92. The van der Waals surface area contributed by atoms with Crippen LogP contribution in [-0.2, 0) is 0 Å². The van der Waals surface area contributed by atoms with Gasteiger partial charge in [0.15, 0.2) is 5.82 Å². The maximum absolute atomic E-state index is 4.22. The van der Waals surface area contributed by atoms with Crippen LogP contribution >= 0.6 is 11.5 Å². The lowest BCUT2D eigenvalue weighted by Crippen LogP contribution is -1.80. The molecule has 0 radical (unpaired) electrons. The third-order valence-corrected chi connectivity index (χ3v) is 2.85. The van der Waals surface area contributed by atoms with Crippen molar-refractivity contribution in [2.45, 2.75) is 0 Å². The van der Waals surface area contributed by atoms with E-state index in [1.807, 2.05) is 12.1 Å². The molecule has 0 bridgehead atoms. The topological polar surface area (TPSA) is 25.8 Å². The van der Waals surface area contributed by atoms with Gasteiger partial charge in [0.2, 0.25) is 0 Å². The van der Waals surface area contributed by atoms with Gasteiger partial charge in [-0.25, -0.2) is 4.98 Å². The molecule has 1 heterocycles. The van der Waals surface area contributed by atoms with Crippen molar-refractivity contribution in [1.82, 2.24) is 9.36 Å². The Morgan fingerprint density at radius 1 is 0.933 bits per heavy atom. The molecule has 2 nitrogen and oxygen atoms in total. The molecule has 3 aromatic rings. The van der Waals surface area contributed by atoms with E-state index in [1.54, 1.807) is 5.51 Å². The first-order chi connectivity index (χ1) is 7.43. The highest BCUT2D eigenvalue weighted by Gasteiger charge is 2.01. The molecule has 0 atom stereocenters. The van der Waals surface area contributed by atoms with Crippen molar-refractivity contribution in [3.05, 3.63) is 48.0 Å². The Bertz CT molecular complexity index is 587. The highest BCUT2D eigenvalue weighted by molar-refractivity contribution is 7.03. The molecule has 0 N–H and O–H groups in total. The second kappa shape index (κ2) is 3.44. The molecule has 0 saturated carbocycles. The fourth-order valence-corrected chi connectivity index (χ4v) is 2.07. The van der Waals surface area contributed by atoms with Gasteiger partial charge in [-0.05, 0) is 28.4 Å². The van der Waals surface area contributed by atoms with Gasteiger partial charge < -0.3 is 0 Å². The average molecular weight is 212 g/mol. The second-order valence-electron chi connectivity index (χ2n) is 3.32. The molecule has 0 fully saturated rings. The summed E-state index contributed by atoms with van der Waals surface area (Å²) in [4.78, 5) is 4.20. The van der Waals surface area contributed by atoms with E-state index < -0.39 is 0 Å². The molecule has 0 aliphatic heterocycles. The molecule has 1 aromatic heterocycles. The molecule has 3 heteroatoms. The molecule has 0 spiro atoms. The SMILES string of the molecule is c1ccc2cc(-c3ncsn3)ccc2c1. The Hall–Kier alpha value is -1.74. The number of hydrogen-bond acceptors (Lipinski definition) is 3. The predicted molar refractivity (Wildman–Crippen MR) is 62.9 cm³/mol. The number of rotatable bonds is 1. The number of fused-ring (bicyclic) bond motifs is 1. The van der Waals surface area contributed by atoms with Crippen molar-refractivity contribution in [3.63, 3.8) is 0 Å². The summed E-state index contributed by atoms with van der Waals surface area (Å²) < 4.78 is 4.22. The maximum Gasteiger partial charge on any atom is 0.172 e. The molecule has 0 aliphatic carbocycles. The van der Waals surface area contributed by atoms with Crippen LogP contribution in [0.25, 0.3) is 22.2 Å². The molecule has 15 heavy (non-hydrogen) atoms. The molecular weight excluding hydrogens is 204 g/mol. The Kier molecular flexibility index (Phi) is 1.96. The van der Waals surface area contributed by atoms with E-state index in [0.29, 0.717) is 0 Å². The summed E-state index contributed by atoms with van der Waals surface area (Å²) in [6.07, 6.45) is 0. The maximum atomic E-state index is 4.22. The molecule has 3 rings (SSSR count). The van der Waals surface area contributed by atoms with Crippen molar-refractivity contribution in [3.8, 4) is 11.4 Å². The van der Waals surface area contributed by atoms with Crippen LogP contribution in [0, 0.1) is 0 Å². The summed E-state index contributed by atoms with van der Waals surface area (Å²) in [5.74, 6) is 0.811. The van der Waals surface area contributed by atoms with Crippen molar-refractivity contribution < 1.29 is 0 Å². The Morgan fingerprint density at radius 2 is 1.80 bits per heavy atom. The highest BCUT2D eigenvalue weighted by Crippen LogP contribution is 2.21. The predicted octanol–water partition coefficient (Wildman–Crippen LogP) is 3.36. The van der Waals surface area contributed by atoms with Crippen LogP contribution < -0.4 is 0 Å². The first kappa shape index (κ1) is 8.56. The van der Waals surface area contributed by atoms with Gasteiger partial charge in [0.25, 0.3) is 0 Å². The molecule has 0 amide bonds. The van der Waals surface area contributed by atoms with Gasteiger partial charge in [-0.1, -0.05) is 36.4 Å². The zero-order valence-corrected chi connectivity index (χ0v) is 8.74. The van der Waals surface area contributed by atoms with Gasteiger partial charge in [-0.2, -0.15) is 4.37 Å². The monoisotopic (exact) mass is 212 g/mol. The molecule has 72 valence electrons. The van der Waals surface area contributed by atoms with E-state index >= 15 is 0 Å². The largest absolute Gasteiger partial charge is 0.223 e. The lowest BCUT2D eigenvalue weighted by atomic mass is 10.1. The van der Waals surface area contributed by atoms with Crippen LogP contribution in [0.4, 0.5) is 0 Å². The quantitative estimate of drug-likeness (QED) is 0.618. The summed E-state index contributed by atoms with van der Waals surface area (Å²) in [5.41, 5.74) is 2.83.